The fourth-order valence-electron chi connectivity index (χ4n) is 2.71. The molecule has 6 nitrogen and oxygen atoms in total. The summed E-state index contributed by atoms with van der Waals surface area (Å²) < 4.78 is 0. The molecule has 0 radical (unpaired) electrons. The van der Waals surface area contributed by atoms with Crippen LogP contribution >= 0.6 is 0 Å². The lowest BCUT2D eigenvalue weighted by atomic mass is 10.0. The van der Waals surface area contributed by atoms with E-state index in [0.717, 1.165) is 17.7 Å². The number of para-hydroxylation sites is 1. The summed E-state index contributed by atoms with van der Waals surface area (Å²) in [4.78, 5) is 35.0. The van der Waals surface area contributed by atoms with Crippen LogP contribution in [0.15, 0.2) is 54.6 Å². The molecule has 28 heavy (non-hydrogen) atoms. The molecule has 0 aliphatic heterocycles. The van der Waals surface area contributed by atoms with Crippen LogP contribution in [0, 0.1) is 5.92 Å². The number of amides is 2. The molecule has 1 atom stereocenters. The molecule has 0 spiro atoms. The predicted octanol–water partition coefficient (Wildman–Crippen LogP) is 3.88. The number of carbonyl (C=O) groups excluding carboxylic acids is 3. The molecular formula is C22H27N3O3. The molecule has 6 heteroatoms. The highest BCUT2D eigenvalue weighted by Gasteiger charge is 2.14. The number of hydrogen-bond acceptors (Lipinski definition) is 4. The first-order chi connectivity index (χ1) is 13.5. The van der Waals surface area contributed by atoms with E-state index in [0.29, 0.717) is 18.0 Å². The minimum absolute atomic E-state index is 0.0436. The molecule has 0 saturated carbocycles. The summed E-state index contributed by atoms with van der Waals surface area (Å²) in [6.07, 6.45) is 1.43. The van der Waals surface area contributed by atoms with Crippen LogP contribution in [0.3, 0.4) is 0 Å². The fourth-order valence-corrected chi connectivity index (χ4v) is 2.71. The third-order valence-electron chi connectivity index (χ3n) is 4.05. The van der Waals surface area contributed by atoms with Crippen LogP contribution < -0.4 is 16.0 Å². The first-order valence-corrected chi connectivity index (χ1v) is 9.43. The van der Waals surface area contributed by atoms with Gasteiger partial charge in [-0.15, -0.1) is 0 Å². The number of benzene rings is 2. The van der Waals surface area contributed by atoms with Crippen LogP contribution in [0.5, 0.6) is 0 Å². The predicted molar refractivity (Wildman–Crippen MR) is 111 cm³/mol. The van der Waals surface area contributed by atoms with Crippen molar-refractivity contribution in [1.29, 1.82) is 0 Å². The number of carbonyl (C=O) groups is 3. The Morgan fingerprint density at radius 2 is 1.43 bits per heavy atom. The lowest BCUT2D eigenvalue weighted by Gasteiger charge is -2.14. The molecule has 2 aromatic rings. The summed E-state index contributed by atoms with van der Waals surface area (Å²) in [5.74, 6) is -0.237. The second-order valence-corrected chi connectivity index (χ2v) is 7.06. The largest absolute Gasteiger partial charge is 0.356 e. The molecule has 2 aromatic carbocycles. The number of hydrogen-bond donors (Lipinski definition) is 3. The van der Waals surface area contributed by atoms with E-state index in [1.165, 1.54) is 0 Å². The van der Waals surface area contributed by atoms with Gasteiger partial charge in [0.05, 0.1) is 6.04 Å². The third-order valence-corrected chi connectivity index (χ3v) is 4.05. The zero-order chi connectivity index (χ0) is 20.4. The van der Waals surface area contributed by atoms with Gasteiger partial charge in [0.1, 0.15) is 6.29 Å². The maximum absolute atomic E-state index is 12.0. The van der Waals surface area contributed by atoms with E-state index >= 15 is 0 Å². The minimum Gasteiger partial charge on any atom is -0.356 e. The summed E-state index contributed by atoms with van der Waals surface area (Å²) >= 11 is 0. The van der Waals surface area contributed by atoms with Crippen LogP contribution in [-0.2, 0) is 14.4 Å². The summed E-state index contributed by atoms with van der Waals surface area (Å²) in [7, 11) is 0. The Hall–Kier alpha value is -3.15. The molecule has 2 rings (SSSR count). The smallest absolute Gasteiger partial charge is 0.224 e. The molecule has 3 N–H and O–H groups in total. The Labute approximate surface area is 165 Å². The van der Waals surface area contributed by atoms with Gasteiger partial charge in [-0.25, -0.2) is 0 Å². The van der Waals surface area contributed by atoms with Gasteiger partial charge >= 0.3 is 0 Å². The van der Waals surface area contributed by atoms with Crippen LogP contribution in [0.4, 0.5) is 17.1 Å². The average Bonchev–Trinajstić information content (AvgIpc) is 2.68. The van der Waals surface area contributed by atoms with E-state index in [9.17, 15) is 14.4 Å². The molecule has 0 saturated heterocycles. The fraction of sp³-hybridized carbons (Fsp3) is 0.318. The molecular weight excluding hydrogens is 354 g/mol. The number of rotatable bonds is 10. The van der Waals surface area contributed by atoms with Gasteiger partial charge in [-0.3, -0.25) is 9.59 Å². The highest BCUT2D eigenvalue weighted by Crippen LogP contribution is 2.18. The van der Waals surface area contributed by atoms with Crippen LogP contribution in [0.2, 0.25) is 0 Å². The van der Waals surface area contributed by atoms with Gasteiger partial charge in [0.2, 0.25) is 11.8 Å². The number of aldehydes is 1. The Morgan fingerprint density at radius 3 is 2.04 bits per heavy atom. The van der Waals surface area contributed by atoms with Gasteiger partial charge in [-0.05, 0) is 48.7 Å². The zero-order valence-corrected chi connectivity index (χ0v) is 16.3. The monoisotopic (exact) mass is 381 g/mol. The van der Waals surface area contributed by atoms with Gasteiger partial charge in [0.25, 0.3) is 0 Å². The molecule has 148 valence electrons. The van der Waals surface area contributed by atoms with Crippen molar-refractivity contribution in [2.45, 2.75) is 39.2 Å². The van der Waals surface area contributed by atoms with Gasteiger partial charge in [-0.2, -0.15) is 0 Å². The lowest BCUT2D eigenvalue weighted by molar-refractivity contribution is -0.126. The molecule has 0 aliphatic carbocycles. The Balaban J connectivity index is 1.76. The molecule has 0 heterocycles. The normalized spacial score (nSPS) is 11.5. The minimum atomic E-state index is -0.500. The van der Waals surface area contributed by atoms with Crippen molar-refractivity contribution < 1.29 is 14.4 Å². The van der Waals surface area contributed by atoms with E-state index in [1.807, 2.05) is 56.3 Å². The van der Waals surface area contributed by atoms with E-state index in [1.54, 1.807) is 12.1 Å². The lowest BCUT2D eigenvalue weighted by Crippen LogP contribution is -2.37. The standard InChI is InChI=1S/C22H27N3O3/c1-16(2)14-20(15-26)25-22(28)13-12-21(27)24-19-10-8-18(9-11-19)23-17-6-4-3-5-7-17/h3-11,15-16,20,23H,12-14H2,1-2H3,(H,24,27)(H,25,28)/t20-/m0/s1. The van der Waals surface area contributed by atoms with Crippen LogP contribution in [-0.4, -0.2) is 24.1 Å². The Bertz CT molecular complexity index is 773. The first kappa shape index (κ1) is 21.2. The van der Waals surface area contributed by atoms with E-state index in [2.05, 4.69) is 16.0 Å². The maximum Gasteiger partial charge on any atom is 0.224 e. The first-order valence-electron chi connectivity index (χ1n) is 9.43. The molecule has 2 amide bonds. The van der Waals surface area contributed by atoms with Gasteiger partial charge in [-0.1, -0.05) is 32.0 Å². The van der Waals surface area contributed by atoms with Gasteiger partial charge in [0, 0.05) is 29.9 Å². The Morgan fingerprint density at radius 1 is 0.857 bits per heavy atom. The van der Waals surface area contributed by atoms with Crippen molar-refractivity contribution in [2.75, 3.05) is 10.6 Å². The quantitative estimate of drug-likeness (QED) is 0.545. The maximum atomic E-state index is 12.0. The van der Waals surface area contributed by atoms with Crippen molar-refractivity contribution in [3.63, 3.8) is 0 Å². The van der Waals surface area contributed by atoms with Gasteiger partial charge in [0.15, 0.2) is 0 Å². The third kappa shape index (κ3) is 7.61. The summed E-state index contributed by atoms with van der Waals surface area (Å²) in [6.45, 7) is 3.97. The summed E-state index contributed by atoms with van der Waals surface area (Å²) in [5, 5.41) is 8.69. The topological polar surface area (TPSA) is 87.3 Å². The molecule has 0 aromatic heterocycles. The SMILES string of the molecule is CC(C)C[C@@H](C=O)NC(=O)CCC(=O)Nc1ccc(Nc2ccccc2)cc1. The van der Waals surface area contributed by atoms with E-state index in [4.69, 9.17) is 0 Å². The average molecular weight is 381 g/mol. The van der Waals surface area contributed by atoms with E-state index in [-0.39, 0.29) is 24.7 Å². The second kappa shape index (κ2) is 10.9. The van der Waals surface area contributed by atoms with Crippen molar-refractivity contribution in [3.05, 3.63) is 54.6 Å². The zero-order valence-electron chi connectivity index (χ0n) is 16.3. The molecule has 0 bridgehead atoms. The molecule has 0 fully saturated rings. The Kier molecular flexibility index (Phi) is 8.21. The number of anilines is 3. The highest BCUT2D eigenvalue weighted by atomic mass is 16.2. The summed E-state index contributed by atoms with van der Waals surface area (Å²) in [5.41, 5.74) is 2.56. The highest BCUT2D eigenvalue weighted by molar-refractivity contribution is 5.93. The van der Waals surface area contributed by atoms with Gasteiger partial charge < -0.3 is 20.7 Å². The molecule has 0 aliphatic rings. The number of nitrogens with one attached hydrogen (secondary N) is 3. The van der Waals surface area contributed by atoms with Crippen LogP contribution in [0.25, 0.3) is 0 Å². The second-order valence-electron chi connectivity index (χ2n) is 7.06. The summed E-state index contributed by atoms with van der Waals surface area (Å²) in [6, 6.07) is 16.6. The van der Waals surface area contributed by atoms with Crippen molar-refractivity contribution in [1.82, 2.24) is 5.32 Å². The molecule has 0 unspecified atom stereocenters. The van der Waals surface area contributed by atoms with Crippen LogP contribution in [0.1, 0.15) is 33.1 Å². The van der Waals surface area contributed by atoms with E-state index < -0.39 is 6.04 Å². The van der Waals surface area contributed by atoms with Crippen molar-refractivity contribution in [2.24, 2.45) is 5.92 Å². The van der Waals surface area contributed by atoms with Crippen molar-refractivity contribution in [3.8, 4) is 0 Å². The van der Waals surface area contributed by atoms with Crippen molar-refractivity contribution >= 4 is 35.2 Å².